The summed E-state index contributed by atoms with van der Waals surface area (Å²) in [7, 11) is 0. The first-order valence-corrected chi connectivity index (χ1v) is 9.41. The molecule has 1 aromatic heterocycles. The molecule has 2 heterocycles. The number of carbonyl (C=O) groups is 2. The van der Waals surface area contributed by atoms with Crippen LogP contribution in [0.1, 0.15) is 43.5 Å². The zero-order chi connectivity index (χ0) is 20.1. The minimum atomic E-state index is -0.356. The van der Waals surface area contributed by atoms with Gasteiger partial charge in [-0.05, 0) is 30.5 Å². The molecule has 150 valence electrons. The summed E-state index contributed by atoms with van der Waals surface area (Å²) in [5, 5.41) is 14.4. The molecule has 9 heteroatoms. The molecule has 0 radical (unpaired) electrons. The van der Waals surface area contributed by atoms with E-state index in [-0.39, 0.29) is 23.7 Å². The Morgan fingerprint density at radius 1 is 1.21 bits per heavy atom. The number of aromatic nitrogens is 2. The molecule has 0 fully saturated rings. The van der Waals surface area contributed by atoms with Crippen molar-refractivity contribution >= 4 is 17.8 Å². The zero-order valence-corrected chi connectivity index (χ0v) is 16.0. The van der Waals surface area contributed by atoms with E-state index in [0.29, 0.717) is 25.5 Å². The average Bonchev–Trinajstić information content (AvgIpc) is 3.23. The highest BCUT2D eigenvalue weighted by Crippen LogP contribution is 2.26. The van der Waals surface area contributed by atoms with Crippen LogP contribution in [-0.2, 0) is 24.4 Å². The van der Waals surface area contributed by atoms with E-state index in [1.807, 2.05) is 13.8 Å². The molecule has 28 heavy (non-hydrogen) atoms. The van der Waals surface area contributed by atoms with E-state index in [0.717, 1.165) is 29.7 Å². The molecular formula is C19H25FN6O2. The quantitative estimate of drug-likeness (QED) is 0.586. The Labute approximate surface area is 162 Å². The molecule has 2 aromatic rings. The van der Waals surface area contributed by atoms with Gasteiger partial charge in [0.2, 0.25) is 5.91 Å². The number of hydrazine groups is 1. The van der Waals surface area contributed by atoms with Crippen molar-refractivity contribution in [3.63, 3.8) is 0 Å². The number of anilines is 1. The van der Waals surface area contributed by atoms with Gasteiger partial charge in [0.1, 0.15) is 5.82 Å². The SMILES string of the molecule is CCC(CC)C(=O)Nc1n[nH]c2c1CN(NC(=O)NCc1ccc(F)cc1)C2. The molecule has 4 N–H and O–H groups in total. The lowest BCUT2D eigenvalue weighted by molar-refractivity contribution is -0.120. The van der Waals surface area contributed by atoms with E-state index in [1.54, 1.807) is 17.1 Å². The van der Waals surface area contributed by atoms with Gasteiger partial charge in [0.25, 0.3) is 0 Å². The van der Waals surface area contributed by atoms with Crippen LogP contribution in [0, 0.1) is 11.7 Å². The number of H-pyrrole nitrogens is 1. The third-order valence-electron chi connectivity index (χ3n) is 4.87. The molecule has 0 saturated heterocycles. The van der Waals surface area contributed by atoms with Crippen molar-refractivity contribution in [3.05, 3.63) is 46.9 Å². The number of carbonyl (C=O) groups excluding carboxylic acids is 2. The standard InChI is InChI=1S/C19H25FN6O2/c1-3-13(4-2)18(27)22-17-15-10-26(11-16(15)23-24-17)25-19(28)21-9-12-5-7-14(20)8-6-12/h5-8,13H,3-4,9-11H2,1-2H3,(H2,21,25,28)(H2,22,23,24,27). The molecule has 0 atom stereocenters. The van der Waals surface area contributed by atoms with Crippen LogP contribution in [0.2, 0.25) is 0 Å². The molecular weight excluding hydrogens is 363 g/mol. The number of rotatable bonds is 7. The number of nitrogens with one attached hydrogen (secondary N) is 4. The highest BCUT2D eigenvalue weighted by molar-refractivity contribution is 5.92. The first kappa shape index (κ1) is 19.8. The van der Waals surface area contributed by atoms with Crippen LogP contribution in [0.4, 0.5) is 15.0 Å². The summed E-state index contributed by atoms with van der Waals surface area (Å²) < 4.78 is 12.9. The zero-order valence-electron chi connectivity index (χ0n) is 16.0. The van der Waals surface area contributed by atoms with Gasteiger partial charge in [-0.3, -0.25) is 15.3 Å². The van der Waals surface area contributed by atoms with Crippen molar-refractivity contribution in [2.45, 2.75) is 46.3 Å². The van der Waals surface area contributed by atoms with Gasteiger partial charge in [-0.2, -0.15) is 5.10 Å². The summed E-state index contributed by atoms with van der Waals surface area (Å²) in [6, 6.07) is 5.59. The van der Waals surface area contributed by atoms with Crippen LogP contribution in [0.3, 0.4) is 0 Å². The molecule has 3 amide bonds. The van der Waals surface area contributed by atoms with Crippen molar-refractivity contribution in [1.29, 1.82) is 0 Å². The Bertz CT molecular complexity index is 831. The predicted octanol–water partition coefficient (Wildman–Crippen LogP) is 2.65. The van der Waals surface area contributed by atoms with Crippen LogP contribution >= 0.6 is 0 Å². The third-order valence-corrected chi connectivity index (χ3v) is 4.87. The van der Waals surface area contributed by atoms with Gasteiger partial charge in [0, 0.05) is 24.6 Å². The number of benzene rings is 1. The normalized spacial score (nSPS) is 13.4. The fraction of sp³-hybridized carbons (Fsp3) is 0.421. The molecule has 1 aromatic carbocycles. The number of nitrogens with zero attached hydrogens (tertiary/aromatic N) is 2. The smallest absolute Gasteiger partial charge is 0.329 e. The molecule has 8 nitrogen and oxygen atoms in total. The van der Waals surface area contributed by atoms with E-state index in [9.17, 15) is 14.0 Å². The lowest BCUT2D eigenvalue weighted by Gasteiger charge is -2.17. The molecule has 0 unspecified atom stereocenters. The minimum absolute atomic E-state index is 0.0391. The van der Waals surface area contributed by atoms with Gasteiger partial charge in [-0.15, -0.1) is 0 Å². The maximum Gasteiger partial charge on any atom is 0.329 e. The second kappa shape index (κ2) is 8.83. The number of hydrogen-bond acceptors (Lipinski definition) is 4. The number of amides is 3. The molecule has 0 saturated carbocycles. The number of halogens is 1. The molecule has 0 bridgehead atoms. The van der Waals surface area contributed by atoms with Crippen molar-refractivity contribution < 1.29 is 14.0 Å². The first-order chi connectivity index (χ1) is 13.5. The lowest BCUT2D eigenvalue weighted by Crippen LogP contribution is -2.44. The second-order valence-corrected chi connectivity index (χ2v) is 6.81. The van der Waals surface area contributed by atoms with Crippen molar-refractivity contribution in [3.8, 4) is 0 Å². The Morgan fingerprint density at radius 3 is 2.61 bits per heavy atom. The predicted molar refractivity (Wildman–Crippen MR) is 102 cm³/mol. The van der Waals surface area contributed by atoms with Crippen LogP contribution < -0.4 is 16.1 Å². The van der Waals surface area contributed by atoms with E-state index in [2.05, 4.69) is 26.3 Å². The average molecular weight is 388 g/mol. The minimum Gasteiger partial charge on any atom is -0.333 e. The fourth-order valence-electron chi connectivity index (χ4n) is 3.17. The maximum atomic E-state index is 12.9. The summed E-state index contributed by atoms with van der Waals surface area (Å²) >= 11 is 0. The Hall–Kier alpha value is -2.94. The van der Waals surface area contributed by atoms with E-state index >= 15 is 0 Å². The lowest BCUT2D eigenvalue weighted by atomic mass is 10.0. The molecule has 1 aliphatic heterocycles. The summed E-state index contributed by atoms with van der Waals surface area (Å²) in [5.74, 6) is 0.123. The van der Waals surface area contributed by atoms with Crippen LogP contribution in [-0.4, -0.2) is 27.1 Å². The summed E-state index contributed by atoms with van der Waals surface area (Å²) in [6.45, 7) is 5.17. The summed E-state index contributed by atoms with van der Waals surface area (Å²) in [5.41, 5.74) is 5.31. The Kier molecular flexibility index (Phi) is 6.25. The van der Waals surface area contributed by atoms with E-state index in [4.69, 9.17) is 0 Å². The van der Waals surface area contributed by atoms with Gasteiger partial charge < -0.3 is 10.6 Å². The molecule has 3 rings (SSSR count). The fourth-order valence-corrected chi connectivity index (χ4v) is 3.17. The van der Waals surface area contributed by atoms with Crippen molar-refractivity contribution in [2.75, 3.05) is 5.32 Å². The Morgan fingerprint density at radius 2 is 1.93 bits per heavy atom. The number of aromatic amines is 1. The molecule has 0 spiro atoms. The van der Waals surface area contributed by atoms with E-state index < -0.39 is 0 Å². The first-order valence-electron chi connectivity index (χ1n) is 9.41. The number of hydrogen-bond donors (Lipinski definition) is 4. The van der Waals surface area contributed by atoms with Gasteiger partial charge in [-0.1, -0.05) is 26.0 Å². The summed E-state index contributed by atoms with van der Waals surface area (Å²) in [4.78, 5) is 24.4. The Balaban J connectivity index is 1.50. The van der Waals surface area contributed by atoms with Crippen molar-refractivity contribution in [1.82, 2.24) is 25.9 Å². The van der Waals surface area contributed by atoms with Crippen LogP contribution in [0.5, 0.6) is 0 Å². The van der Waals surface area contributed by atoms with Crippen LogP contribution in [0.15, 0.2) is 24.3 Å². The third kappa shape index (κ3) is 4.66. The largest absolute Gasteiger partial charge is 0.333 e. The second-order valence-electron chi connectivity index (χ2n) is 6.81. The molecule has 1 aliphatic rings. The summed E-state index contributed by atoms with van der Waals surface area (Å²) in [6.07, 6.45) is 1.55. The van der Waals surface area contributed by atoms with Crippen molar-refractivity contribution in [2.24, 2.45) is 5.92 Å². The highest BCUT2D eigenvalue weighted by atomic mass is 19.1. The topological polar surface area (TPSA) is 102 Å². The maximum absolute atomic E-state index is 12.9. The number of fused-ring (bicyclic) bond motifs is 1. The van der Waals surface area contributed by atoms with Crippen LogP contribution in [0.25, 0.3) is 0 Å². The van der Waals surface area contributed by atoms with Gasteiger partial charge >= 0.3 is 6.03 Å². The van der Waals surface area contributed by atoms with Gasteiger partial charge in [-0.25, -0.2) is 14.2 Å². The number of urea groups is 1. The highest BCUT2D eigenvalue weighted by Gasteiger charge is 2.27. The van der Waals surface area contributed by atoms with E-state index in [1.165, 1.54) is 12.1 Å². The van der Waals surface area contributed by atoms with Gasteiger partial charge in [0.05, 0.1) is 12.2 Å². The monoisotopic (exact) mass is 388 g/mol. The van der Waals surface area contributed by atoms with Gasteiger partial charge in [0.15, 0.2) is 5.82 Å². The molecule has 0 aliphatic carbocycles.